The van der Waals surface area contributed by atoms with E-state index in [1.54, 1.807) is 43.5 Å². The van der Waals surface area contributed by atoms with Crippen LogP contribution in [0.5, 0.6) is 0 Å². The maximum absolute atomic E-state index is 15.3. The maximum atomic E-state index is 15.3. The number of nitriles is 1. The standard InChI is InChI=1S/C31H31F2N6O5S/c1-19(29-35-28(16-45-29)23-8-6-22(14-34)7-9-23)31(42,26-13-24(32)10-11-27(26)33)17-37-18-39(20(2)36-37)44-30(41)38-12-4-5-25(38)15-43-21(3)40/h6-11,13,16,18-19,25,42H,4-5,12,15,17H2,1-3H3/q+1/t19-,25-,31+/m0/s1. The van der Waals surface area contributed by atoms with Gasteiger partial charge in [0.15, 0.2) is 0 Å². The van der Waals surface area contributed by atoms with Crippen molar-refractivity contribution in [2.24, 2.45) is 0 Å². The fraction of sp³-hybridized carbons (Fsp3) is 0.355. The summed E-state index contributed by atoms with van der Waals surface area (Å²) in [5.41, 5.74) is -0.480. The molecule has 4 aromatic rings. The van der Waals surface area contributed by atoms with Crippen LogP contribution in [-0.2, 0) is 21.7 Å². The highest BCUT2D eigenvalue weighted by molar-refractivity contribution is 7.10. The number of aromatic nitrogens is 4. The second kappa shape index (κ2) is 13.1. The summed E-state index contributed by atoms with van der Waals surface area (Å²) in [6.45, 7) is 4.68. The van der Waals surface area contributed by atoms with Crippen LogP contribution >= 0.6 is 11.3 Å². The highest BCUT2D eigenvalue weighted by atomic mass is 32.1. The summed E-state index contributed by atoms with van der Waals surface area (Å²) in [5, 5.41) is 27.9. The van der Waals surface area contributed by atoms with E-state index in [1.165, 1.54) is 34.2 Å². The number of rotatable bonds is 9. The number of nitrogens with zero attached hydrogens (tertiary/aromatic N) is 6. The van der Waals surface area contributed by atoms with Crippen molar-refractivity contribution in [1.82, 2.24) is 19.7 Å². The van der Waals surface area contributed by atoms with E-state index in [-0.39, 0.29) is 30.6 Å². The van der Waals surface area contributed by atoms with Crippen molar-refractivity contribution in [3.05, 3.63) is 87.8 Å². The lowest BCUT2D eigenvalue weighted by atomic mass is 9.82. The van der Waals surface area contributed by atoms with E-state index >= 15 is 4.39 Å². The van der Waals surface area contributed by atoms with Crippen molar-refractivity contribution < 1.29 is 37.7 Å². The molecule has 3 atom stereocenters. The van der Waals surface area contributed by atoms with E-state index in [0.717, 1.165) is 34.9 Å². The molecule has 1 saturated heterocycles. The minimum Gasteiger partial charge on any atom is -0.464 e. The van der Waals surface area contributed by atoms with Crippen molar-refractivity contribution in [2.45, 2.75) is 57.7 Å². The number of ether oxygens (including phenoxy) is 1. The fourth-order valence-corrected chi connectivity index (χ4v) is 6.27. The van der Waals surface area contributed by atoms with E-state index in [4.69, 9.17) is 14.8 Å². The zero-order chi connectivity index (χ0) is 32.3. The molecule has 1 aliphatic heterocycles. The monoisotopic (exact) mass is 637 g/mol. The van der Waals surface area contributed by atoms with Crippen LogP contribution in [0.3, 0.4) is 0 Å². The molecule has 1 N–H and O–H groups in total. The van der Waals surface area contributed by atoms with Gasteiger partial charge in [-0.2, -0.15) is 5.26 Å². The molecule has 0 radical (unpaired) electrons. The molecule has 234 valence electrons. The van der Waals surface area contributed by atoms with Gasteiger partial charge in [-0.3, -0.25) is 9.69 Å². The Bertz CT molecular complexity index is 1750. The van der Waals surface area contributed by atoms with Gasteiger partial charge in [-0.1, -0.05) is 19.1 Å². The topological polar surface area (TPSA) is 134 Å². The second-order valence-corrected chi connectivity index (χ2v) is 11.8. The number of amides is 1. The van der Waals surface area contributed by atoms with Crippen LogP contribution in [0.25, 0.3) is 11.3 Å². The third-order valence-electron chi connectivity index (χ3n) is 7.81. The summed E-state index contributed by atoms with van der Waals surface area (Å²) < 4.78 is 37.2. The number of thiazole rings is 1. The third kappa shape index (κ3) is 6.84. The first-order chi connectivity index (χ1) is 21.5. The molecule has 45 heavy (non-hydrogen) atoms. The van der Waals surface area contributed by atoms with Crippen LogP contribution in [0.4, 0.5) is 13.6 Å². The third-order valence-corrected chi connectivity index (χ3v) is 8.84. The van der Waals surface area contributed by atoms with Gasteiger partial charge in [0.25, 0.3) is 5.82 Å². The summed E-state index contributed by atoms with van der Waals surface area (Å²) in [4.78, 5) is 36.0. The Labute approximate surface area is 261 Å². The van der Waals surface area contributed by atoms with Crippen LogP contribution in [0.1, 0.15) is 54.6 Å². The Morgan fingerprint density at radius 2 is 2.02 bits per heavy atom. The van der Waals surface area contributed by atoms with Crippen molar-refractivity contribution >= 4 is 23.4 Å². The molecule has 14 heteroatoms. The van der Waals surface area contributed by atoms with Gasteiger partial charge in [-0.05, 0) is 53.0 Å². The van der Waals surface area contributed by atoms with Crippen molar-refractivity contribution in [1.29, 1.82) is 5.26 Å². The number of likely N-dealkylation sites (tertiary alicyclic amines) is 1. The largest absolute Gasteiger partial charge is 0.464 e. The average molecular weight is 638 g/mol. The Morgan fingerprint density at radius 3 is 2.73 bits per heavy atom. The summed E-state index contributed by atoms with van der Waals surface area (Å²) in [7, 11) is 0. The van der Waals surface area contributed by atoms with Gasteiger partial charge in [0, 0.05) is 42.8 Å². The van der Waals surface area contributed by atoms with Crippen LogP contribution in [-0.4, -0.2) is 56.1 Å². The normalized spacial score (nSPS) is 16.6. The number of aliphatic hydroxyl groups is 1. The molecule has 0 bridgehead atoms. The number of hydrogen-bond donors (Lipinski definition) is 1. The lowest BCUT2D eigenvalue weighted by Crippen LogP contribution is -2.50. The first-order valence-electron chi connectivity index (χ1n) is 14.2. The molecule has 2 aromatic heterocycles. The van der Waals surface area contributed by atoms with Crippen molar-refractivity contribution in [2.75, 3.05) is 13.2 Å². The SMILES string of the molecule is CC(=O)OC[C@@H]1CCCN1C(=O)On1c[n+](C[C@](O)(c2cc(F)ccc2F)[C@@H](C)c2nc(-c3ccc(C#N)cc3)cs2)nc1C. The van der Waals surface area contributed by atoms with Gasteiger partial charge in [0.2, 0.25) is 0 Å². The van der Waals surface area contributed by atoms with Crippen LogP contribution in [0.15, 0.2) is 54.2 Å². The summed E-state index contributed by atoms with van der Waals surface area (Å²) in [6.07, 6.45) is 2.04. The molecule has 0 saturated carbocycles. The Hall–Kier alpha value is -4.74. The summed E-state index contributed by atoms with van der Waals surface area (Å²) in [6, 6.07) is 11.5. The number of benzene rings is 2. The lowest BCUT2D eigenvalue weighted by Gasteiger charge is -2.31. The number of carbonyl (C=O) groups excluding carboxylic acids is 2. The summed E-state index contributed by atoms with van der Waals surface area (Å²) >= 11 is 1.25. The van der Waals surface area contributed by atoms with E-state index in [2.05, 4.69) is 16.2 Å². The predicted molar refractivity (Wildman–Crippen MR) is 156 cm³/mol. The number of hydrogen-bond acceptors (Lipinski definition) is 9. The molecule has 11 nitrogen and oxygen atoms in total. The number of esters is 1. The molecule has 1 amide bonds. The highest BCUT2D eigenvalue weighted by Crippen LogP contribution is 2.41. The van der Waals surface area contributed by atoms with Gasteiger partial charge < -0.3 is 9.84 Å². The quantitative estimate of drug-likeness (QED) is 0.215. The van der Waals surface area contributed by atoms with Gasteiger partial charge in [-0.15, -0.1) is 16.0 Å². The first-order valence-corrected chi connectivity index (χ1v) is 15.1. The van der Waals surface area contributed by atoms with Gasteiger partial charge in [-0.25, -0.2) is 23.4 Å². The second-order valence-electron chi connectivity index (χ2n) is 10.9. The van der Waals surface area contributed by atoms with E-state index in [0.29, 0.717) is 29.2 Å². The average Bonchev–Trinajstić information content (AvgIpc) is 3.77. The molecule has 5 rings (SSSR count). The fourth-order valence-electron chi connectivity index (χ4n) is 5.30. The minimum absolute atomic E-state index is 0.0567. The van der Waals surface area contributed by atoms with Crippen molar-refractivity contribution in [3.8, 4) is 17.3 Å². The van der Waals surface area contributed by atoms with Crippen LogP contribution < -0.4 is 9.52 Å². The number of aryl methyl sites for hydroxylation is 1. The maximum Gasteiger partial charge on any atom is 0.455 e. The molecule has 1 fully saturated rings. The zero-order valence-corrected chi connectivity index (χ0v) is 25.6. The van der Waals surface area contributed by atoms with Gasteiger partial charge >= 0.3 is 18.4 Å². The van der Waals surface area contributed by atoms with Gasteiger partial charge in [0.1, 0.15) is 30.4 Å². The molecule has 0 aliphatic carbocycles. The molecule has 3 heterocycles. The first kappa shape index (κ1) is 31.7. The van der Waals surface area contributed by atoms with Gasteiger partial charge in [0.05, 0.1) is 28.4 Å². The van der Waals surface area contributed by atoms with Crippen molar-refractivity contribution in [3.63, 3.8) is 0 Å². The smallest absolute Gasteiger partial charge is 0.455 e. The Morgan fingerprint density at radius 1 is 1.27 bits per heavy atom. The van der Waals surface area contributed by atoms with E-state index in [9.17, 15) is 19.1 Å². The Kier molecular flexibility index (Phi) is 9.21. The molecule has 1 aliphatic rings. The summed E-state index contributed by atoms with van der Waals surface area (Å²) in [5.74, 6) is -2.58. The minimum atomic E-state index is -2.05. The highest BCUT2D eigenvalue weighted by Gasteiger charge is 2.44. The van der Waals surface area contributed by atoms with Crippen LogP contribution in [0.2, 0.25) is 0 Å². The Balaban J connectivity index is 1.42. The molecule has 0 spiro atoms. The lowest BCUT2D eigenvalue weighted by molar-refractivity contribution is -0.766. The predicted octanol–water partition coefficient (Wildman–Crippen LogP) is 4.02. The van der Waals surface area contributed by atoms with Crippen LogP contribution in [0, 0.1) is 29.9 Å². The molecule has 2 aromatic carbocycles. The molecule has 0 unspecified atom stereocenters. The van der Waals surface area contributed by atoms with E-state index < -0.39 is 35.2 Å². The number of carbonyl (C=O) groups is 2. The molecular weight excluding hydrogens is 606 g/mol. The number of halogens is 2. The molecular formula is C31H31F2N6O5S+. The van der Waals surface area contributed by atoms with E-state index in [1.807, 2.05) is 0 Å². The zero-order valence-electron chi connectivity index (χ0n) is 24.8.